The predicted molar refractivity (Wildman–Crippen MR) is 82.4 cm³/mol. The largest absolute Gasteiger partial charge is 0.372 e. The molecule has 0 amide bonds. The van der Waals surface area contributed by atoms with Gasteiger partial charge in [-0.25, -0.2) is 4.31 Å². The third kappa shape index (κ3) is 2.94. The fourth-order valence-corrected chi connectivity index (χ4v) is 3.44. The number of rotatable bonds is 2. The van der Waals surface area contributed by atoms with Crippen LogP contribution in [0.15, 0.2) is 59.5 Å². The van der Waals surface area contributed by atoms with Gasteiger partial charge in [-0.2, -0.15) is 0 Å². The zero-order valence-corrected chi connectivity index (χ0v) is 11.9. The zero-order valence-electron chi connectivity index (χ0n) is 11.1. The van der Waals surface area contributed by atoms with Crippen LogP contribution in [0.3, 0.4) is 0 Å². The molecule has 0 saturated heterocycles. The van der Waals surface area contributed by atoms with Crippen molar-refractivity contribution < 1.29 is 0 Å². The Morgan fingerprint density at radius 3 is 2.53 bits per heavy atom. The van der Waals surface area contributed by atoms with E-state index in [1.807, 2.05) is 11.9 Å². The lowest BCUT2D eigenvalue weighted by atomic mass is 10.2. The van der Waals surface area contributed by atoms with Gasteiger partial charge in [0.05, 0.1) is 5.69 Å². The van der Waals surface area contributed by atoms with Crippen molar-refractivity contribution >= 4 is 17.6 Å². The third-order valence-electron chi connectivity index (χ3n) is 3.39. The van der Waals surface area contributed by atoms with Crippen LogP contribution in [0.2, 0.25) is 0 Å². The van der Waals surface area contributed by atoms with Crippen LogP contribution in [-0.2, 0) is 6.54 Å². The van der Waals surface area contributed by atoms with Gasteiger partial charge in [-0.3, -0.25) is 0 Å². The number of para-hydroxylation sites is 1. The number of benzene rings is 2. The summed E-state index contributed by atoms with van der Waals surface area (Å²) in [4.78, 5) is 3.69. The zero-order chi connectivity index (χ0) is 13.1. The molecule has 0 aliphatic carbocycles. The quantitative estimate of drug-likeness (QED) is 0.769. The maximum absolute atomic E-state index is 2.44. The predicted octanol–water partition coefficient (Wildman–Crippen LogP) is 3.65. The SMILES string of the molecule is CN1CCN(Cc2ccccc2)Sc2ccccc21. The van der Waals surface area contributed by atoms with Crippen molar-refractivity contribution in [3.63, 3.8) is 0 Å². The minimum Gasteiger partial charge on any atom is -0.372 e. The van der Waals surface area contributed by atoms with Crippen LogP contribution in [-0.4, -0.2) is 24.4 Å². The van der Waals surface area contributed by atoms with Crippen LogP contribution < -0.4 is 4.90 Å². The second-order valence-corrected chi connectivity index (χ2v) is 5.97. The maximum atomic E-state index is 2.44. The normalized spacial score (nSPS) is 15.9. The van der Waals surface area contributed by atoms with Crippen molar-refractivity contribution in [2.75, 3.05) is 25.0 Å². The first-order valence-electron chi connectivity index (χ1n) is 6.60. The molecule has 1 aliphatic rings. The van der Waals surface area contributed by atoms with Gasteiger partial charge >= 0.3 is 0 Å². The van der Waals surface area contributed by atoms with Crippen LogP contribution in [0.5, 0.6) is 0 Å². The van der Waals surface area contributed by atoms with E-state index < -0.39 is 0 Å². The molecule has 0 spiro atoms. The highest BCUT2D eigenvalue weighted by Crippen LogP contribution is 2.35. The Labute approximate surface area is 119 Å². The number of likely N-dealkylation sites (N-methyl/N-ethyl adjacent to an activating group) is 1. The van der Waals surface area contributed by atoms with Gasteiger partial charge in [0, 0.05) is 31.6 Å². The molecule has 0 N–H and O–H groups in total. The first-order valence-corrected chi connectivity index (χ1v) is 7.37. The summed E-state index contributed by atoms with van der Waals surface area (Å²) in [6.07, 6.45) is 0. The smallest absolute Gasteiger partial charge is 0.0515 e. The average molecular weight is 270 g/mol. The van der Waals surface area contributed by atoms with Crippen LogP contribution in [0.4, 0.5) is 5.69 Å². The lowest BCUT2D eigenvalue weighted by Gasteiger charge is -2.19. The minimum atomic E-state index is 0.994. The lowest BCUT2D eigenvalue weighted by molar-refractivity contribution is 0.477. The molecule has 19 heavy (non-hydrogen) atoms. The number of fused-ring (bicyclic) bond motifs is 1. The molecule has 1 aliphatic heterocycles. The average Bonchev–Trinajstić information content (AvgIpc) is 2.60. The molecule has 2 aromatic rings. The molecule has 0 fully saturated rings. The Balaban J connectivity index is 1.79. The standard InChI is InChI=1S/C16H18N2S/c1-17-11-12-18(13-14-7-3-2-4-8-14)19-16-10-6-5-9-15(16)17/h2-10H,11-13H2,1H3. The topological polar surface area (TPSA) is 6.48 Å². The van der Waals surface area contributed by atoms with E-state index in [4.69, 9.17) is 0 Å². The summed E-state index contributed by atoms with van der Waals surface area (Å²) in [5.74, 6) is 0. The molecule has 0 bridgehead atoms. The molecule has 0 radical (unpaired) electrons. The van der Waals surface area contributed by atoms with Crippen molar-refractivity contribution in [3.8, 4) is 0 Å². The highest BCUT2D eigenvalue weighted by atomic mass is 32.2. The van der Waals surface area contributed by atoms with E-state index in [1.54, 1.807) is 0 Å². The van der Waals surface area contributed by atoms with Crippen molar-refractivity contribution in [1.82, 2.24) is 4.31 Å². The molecule has 2 nitrogen and oxygen atoms in total. The summed E-state index contributed by atoms with van der Waals surface area (Å²) < 4.78 is 2.44. The van der Waals surface area contributed by atoms with E-state index in [0.717, 1.165) is 19.6 Å². The number of hydrogen-bond acceptors (Lipinski definition) is 3. The van der Waals surface area contributed by atoms with Crippen molar-refractivity contribution in [1.29, 1.82) is 0 Å². The number of nitrogens with zero attached hydrogens (tertiary/aromatic N) is 2. The van der Waals surface area contributed by atoms with E-state index in [2.05, 4.69) is 70.9 Å². The van der Waals surface area contributed by atoms with Crippen molar-refractivity contribution in [2.24, 2.45) is 0 Å². The fraction of sp³-hybridized carbons (Fsp3) is 0.250. The van der Waals surface area contributed by atoms with Gasteiger partial charge in [0.2, 0.25) is 0 Å². The second kappa shape index (κ2) is 5.68. The van der Waals surface area contributed by atoms with Gasteiger partial charge in [-0.05, 0) is 29.6 Å². The number of anilines is 1. The van der Waals surface area contributed by atoms with Gasteiger partial charge < -0.3 is 4.90 Å². The monoisotopic (exact) mass is 270 g/mol. The lowest BCUT2D eigenvalue weighted by Crippen LogP contribution is -2.26. The molecule has 0 aromatic heterocycles. The molecule has 1 heterocycles. The summed E-state index contributed by atoms with van der Waals surface area (Å²) in [6.45, 7) is 3.13. The van der Waals surface area contributed by atoms with E-state index in [0.29, 0.717) is 0 Å². The summed E-state index contributed by atoms with van der Waals surface area (Å²) in [6, 6.07) is 19.3. The Morgan fingerprint density at radius 1 is 0.947 bits per heavy atom. The summed E-state index contributed by atoms with van der Waals surface area (Å²) in [5.41, 5.74) is 2.71. The molecule has 2 aromatic carbocycles. The summed E-state index contributed by atoms with van der Waals surface area (Å²) >= 11 is 1.87. The van der Waals surface area contributed by atoms with Crippen molar-refractivity contribution in [2.45, 2.75) is 11.4 Å². The molecule has 3 heteroatoms. The van der Waals surface area contributed by atoms with E-state index >= 15 is 0 Å². The van der Waals surface area contributed by atoms with Gasteiger partial charge in [0.15, 0.2) is 0 Å². The molecule has 3 rings (SSSR count). The first kappa shape index (κ1) is 12.6. The van der Waals surface area contributed by atoms with Gasteiger partial charge in [0.1, 0.15) is 0 Å². The second-order valence-electron chi connectivity index (χ2n) is 4.83. The Bertz CT molecular complexity index is 541. The molecule has 0 saturated carbocycles. The van der Waals surface area contributed by atoms with Crippen molar-refractivity contribution in [3.05, 3.63) is 60.2 Å². The van der Waals surface area contributed by atoms with Gasteiger partial charge in [-0.1, -0.05) is 42.5 Å². The fourth-order valence-electron chi connectivity index (χ4n) is 2.31. The van der Waals surface area contributed by atoms with Crippen LogP contribution in [0.1, 0.15) is 5.56 Å². The van der Waals surface area contributed by atoms with Crippen LogP contribution in [0.25, 0.3) is 0 Å². The van der Waals surface area contributed by atoms with Gasteiger partial charge in [0.25, 0.3) is 0 Å². The summed E-state index contributed by atoms with van der Waals surface area (Å²) in [5, 5.41) is 0. The molecule has 0 atom stereocenters. The number of hydrogen-bond donors (Lipinski definition) is 0. The van der Waals surface area contributed by atoms with E-state index in [9.17, 15) is 0 Å². The first-order chi connectivity index (χ1) is 9.33. The van der Waals surface area contributed by atoms with E-state index in [-0.39, 0.29) is 0 Å². The highest BCUT2D eigenvalue weighted by molar-refractivity contribution is 7.97. The molecular formula is C16H18N2S. The van der Waals surface area contributed by atoms with Crippen LogP contribution >= 0.6 is 11.9 Å². The van der Waals surface area contributed by atoms with Gasteiger partial charge in [-0.15, -0.1) is 0 Å². The Hall–Kier alpha value is -1.45. The Kier molecular flexibility index (Phi) is 3.76. The highest BCUT2D eigenvalue weighted by Gasteiger charge is 2.17. The molecule has 98 valence electrons. The van der Waals surface area contributed by atoms with E-state index in [1.165, 1.54) is 16.1 Å². The minimum absolute atomic E-state index is 0.994. The molecular weight excluding hydrogens is 252 g/mol. The maximum Gasteiger partial charge on any atom is 0.0515 e. The molecule has 0 unspecified atom stereocenters. The Morgan fingerprint density at radius 2 is 1.68 bits per heavy atom. The van der Waals surface area contributed by atoms with Crippen LogP contribution in [0, 0.1) is 0 Å². The third-order valence-corrected chi connectivity index (χ3v) is 4.50. The summed E-state index contributed by atoms with van der Waals surface area (Å²) in [7, 11) is 2.17.